The van der Waals surface area contributed by atoms with Gasteiger partial charge in [-0.2, -0.15) is 0 Å². The third kappa shape index (κ3) is 3.68. The van der Waals surface area contributed by atoms with Crippen molar-refractivity contribution in [1.82, 2.24) is 25.3 Å². The summed E-state index contributed by atoms with van der Waals surface area (Å²) in [6, 6.07) is -0.245. The first-order chi connectivity index (χ1) is 9.61. The van der Waals surface area contributed by atoms with Crippen LogP contribution in [0.3, 0.4) is 0 Å². The first kappa shape index (κ1) is 15.2. The monoisotopic (exact) mass is 283 g/mol. The summed E-state index contributed by atoms with van der Waals surface area (Å²) in [7, 11) is 3.71. The Kier molecular flexibility index (Phi) is 5.33. The molecular formula is C13H25N5O2. The lowest BCUT2D eigenvalue weighted by Crippen LogP contribution is -2.60. The Labute approximate surface area is 120 Å². The van der Waals surface area contributed by atoms with Crippen LogP contribution in [0, 0.1) is 0 Å². The summed E-state index contributed by atoms with van der Waals surface area (Å²) in [5.74, 6) is 0.109. The lowest BCUT2D eigenvalue weighted by atomic mass is 10.1. The van der Waals surface area contributed by atoms with Crippen LogP contribution in [0.2, 0.25) is 0 Å². The first-order valence-electron chi connectivity index (χ1n) is 7.24. The molecule has 2 saturated heterocycles. The fraction of sp³-hybridized carbons (Fsp3) is 0.846. The Bertz CT molecular complexity index is 355. The second kappa shape index (κ2) is 7.01. The largest absolute Gasteiger partial charge is 0.358 e. The fourth-order valence-electron chi connectivity index (χ4n) is 2.69. The smallest absolute Gasteiger partial charge is 0.238 e. The molecule has 2 rings (SSSR count). The van der Waals surface area contributed by atoms with E-state index in [1.54, 1.807) is 7.05 Å². The topological polar surface area (TPSA) is 67.9 Å². The van der Waals surface area contributed by atoms with Gasteiger partial charge in [0.2, 0.25) is 11.8 Å². The van der Waals surface area contributed by atoms with E-state index in [0.29, 0.717) is 13.1 Å². The normalized spacial score (nSPS) is 25.5. The van der Waals surface area contributed by atoms with Crippen molar-refractivity contribution >= 4 is 11.8 Å². The second-order valence-corrected chi connectivity index (χ2v) is 5.49. The first-order valence-corrected chi connectivity index (χ1v) is 7.24. The highest BCUT2D eigenvalue weighted by atomic mass is 16.2. The summed E-state index contributed by atoms with van der Waals surface area (Å²) >= 11 is 0. The van der Waals surface area contributed by atoms with Crippen LogP contribution in [-0.2, 0) is 9.59 Å². The molecule has 2 fully saturated rings. The number of amides is 2. The van der Waals surface area contributed by atoms with Gasteiger partial charge in [-0.15, -0.1) is 0 Å². The van der Waals surface area contributed by atoms with Crippen molar-refractivity contribution in [3.63, 3.8) is 0 Å². The van der Waals surface area contributed by atoms with E-state index in [1.807, 2.05) is 9.80 Å². The third-order valence-electron chi connectivity index (χ3n) is 4.10. The van der Waals surface area contributed by atoms with Crippen LogP contribution in [0.1, 0.15) is 0 Å². The Morgan fingerprint density at radius 1 is 1.20 bits per heavy atom. The highest BCUT2D eigenvalue weighted by molar-refractivity contribution is 5.84. The SMILES string of the molecule is CNC(=O)C1CNCCN1CC(=O)N1CCN(C)CC1. The van der Waals surface area contributed by atoms with Gasteiger partial charge in [0.25, 0.3) is 0 Å². The van der Waals surface area contributed by atoms with Crippen LogP contribution < -0.4 is 10.6 Å². The number of carbonyl (C=O) groups is 2. The molecule has 20 heavy (non-hydrogen) atoms. The average Bonchev–Trinajstić information content (AvgIpc) is 2.47. The van der Waals surface area contributed by atoms with Gasteiger partial charge in [0.05, 0.1) is 6.54 Å². The van der Waals surface area contributed by atoms with Crippen molar-refractivity contribution < 1.29 is 9.59 Å². The number of nitrogens with zero attached hydrogens (tertiary/aromatic N) is 3. The van der Waals surface area contributed by atoms with Crippen molar-refractivity contribution in [3.8, 4) is 0 Å². The van der Waals surface area contributed by atoms with Gasteiger partial charge in [0.1, 0.15) is 6.04 Å². The van der Waals surface area contributed by atoms with Gasteiger partial charge in [-0.1, -0.05) is 0 Å². The summed E-state index contributed by atoms with van der Waals surface area (Å²) in [4.78, 5) is 30.3. The summed E-state index contributed by atoms with van der Waals surface area (Å²) in [5.41, 5.74) is 0. The Morgan fingerprint density at radius 3 is 2.55 bits per heavy atom. The maximum atomic E-state index is 12.3. The molecule has 0 saturated carbocycles. The standard InChI is InChI=1S/C13H25N5O2/c1-14-13(20)11-9-15-3-4-18(11)10-12(19)17-7-5-16(2)6-8-17/h11,15H,3-10H2,1-2H3,(H,14,20). The molecule has 2 aliphatic rings. The van der Waals surface area contributed by atoms with Crippen molar-refractivity contribution in [2.45, 2.75) is 6.04 Å². The van der Waals surface area contributed by atoms with Gasteiger partial charge in [-0.05, 0) is 7.05 Å². The van der Waals surface area contributed by atoms with E-state index in [1.165, 1.54) is 0 Å². The molecule has 7 heteroatoms. The molecule has 0 bridgehead atoms. The second-order valence-electron chi connectivity index (χ2n) is 5.49. The molecular weight excluding hydrogens is 258 g/mol. The lowest BCUT2D eigenvalue weighted by Gasteiger charge is -2.37. The zero-order valence-electron chi connectivity index (χ0n) is 12.4. The van der Waals surface area contributed by atoms with Crippen molar-refractivity contribution in [1.29, 1.82) is 0 Å². The van der Waals surface area contributed by atoms with Crippen LogP contribution in [0.5, 0.6) is 0 Å². The summed E-state index contributed by atoms with van der Waals surface area (Å²) < 4.78 is 0. The minimum absolute atomic E-state index is 0.0247. The van der Waals surface area contributed by atoms with Gasteiger partial charge in [-0.3, -0.25) is 14.5 Å². The predicted octanol–water partition coefficient (Wildman–Crippen LogP) is -2.22. The minimum atomic E-state index is -0.245. The molecule has 0 aromatic rings. The predicted molar refractivity (Wildman–Crippen MR) is 76.4 cm³/mol. The zero-order valence-corrected chi connectivity index (χ0v) is 12.4. The van der Waals surface area contributed by atoms with Crippen molar-refractivity contribution in [2.75, 3.05) is 66.5 Å². The van der Waals surface area contributed by atoms with E-state index < -0.39 is 0 Å². The molecule has 0 radical (unpaired) electrons. The molecule has 0 aromatic heterocycles. The van der Waals surface area contributed by atoms with Gasteiger partial charge >= 0.3 is 0 Å². The molecule has 1 atom stereocenters. The van der Waals surface area contributed by atoms with E-state index in [-0.39, 0.29) is 17.9 Å². The highest BCUT2D eigenvalue weighted by Gasteiger charge is 2.30. The maximum absolute atomic E-state index is 12.3. The average molecular weight is 283 g/mol. The number of piperazine rings is 2. The number of likely N-dealkylation sites (N-methyl/N-ethyl adjacent to an activating group) is 2. The fourth-order valence-corrected chi connectivity index (χ4v) is 2.69. The summed E-state index contributed by atoms with van der Waals surface area (Å²) in [6.45, 7) is 5.91. The Balaban J connectivity index is 1.89. The van der Waals surface area contributed by atoms with Crippen LogP contribution in [0.15, 0.2) is 0 Å². The molecule has 7 nitrogen and oxygen atoms in total. The molecule has 2 N–H and O–H groups in total. The molecule has 0 aromatic carbocycles. The number of rotatable bonds is 3. The van der Waals surface area contributed by atoms with Gasteiger partial charge in [-0.25, -0.2) is 0 Å². The maximum Gasteiger partial charge on any atom is 0.238 e. The summed E-state index contributed by atoms with van der Waals surface area (Å²) in [5, 5.41) is 5.88. The van der Waals surface area contributed by atoms with E-state index in [2.05, 4.69) is 22.6 Å². The van der Waals surface area contributed by atoms with Crippen LogP contribution in [-0.4, -0.2) is 99.0 Å². The highest BCUT2D eigenvalue weighted by Crippen LogP contribution is 2.06. The van der Waals surface area contributed by atoms with Crippen LogP contribution in [0.4, 0.5) is 0 Å². The van der Waals surface area contributed by atoms with E-state index in [4.69, 9.17) is 0 Å². The van der Waals surface area contributed by atoms with Crippen LogP contribution in [0.25, 0.3) is 0 Å². The van der Waals surface area contributed by atoms with Crippen molar-refractivity contribution in [3.05, 3.63) is 0 Å². The number of hydrogen-bond acceptors (Lipinski definition) is 5. The molecule has 2 amide bonds. The molecule has 2 heterocycles. The van der Waals surface area contributed by atoms with Gasteiger partial charge in [0.15, 0.2) is 0 Å². The molecule has 0 aliphatic carbocycles. The van der Waals surface area contributed by atoms with Gasteiger partial charge < -0.3 is 20.4 Å². The van der Waals surface area contributed by atoms with Gasteiger partial charge in [0, 0.05) is 52.9 Å². The molecule has 2 aliphatic heterocycles. The van der Waals surface area contributed by atoms with Crippen LogP contribution >= 0.6 is 0 Å². The molecule has 0 spiro atoms. The lowest BCUT2D eigenvalue weighted by molar-refractivity contribution is -0.136. The minimum Gasteiger partial charge on any atom is -0.358 e. The Hall–Kier alpha value is -1.18. The number of carbonyl (C=O) groups excluding carboxylic acids is 2. The van der Waals surface area contributed by atoms with E-state index >= 15 is 0 Å². The third-order valence-corrected chi connectivity index (χ3v) is 4.10. The van der Waals surface area contributed by atoms with Crippen molar-refractivity contribution in [2.24, 2.45) is 0 Å². The Morgan fingerprint density at radius 2 is 1.90 bits per heavy atom. The number of hydrogen-bond donors (Lipinski definition) is 2. The van der Waals surface area contributed by atoms with E-state index in [0.717, 1.165) is 39.3 Å². The summed E-state index contributed by atoms with van der Waals surface area (Å²) in [6.07, 6.45) is 0. The zero-order chi connectivity index (χ0) is 14.5. The number of nitrogens with one attached hydrogen (secondary N) is 2. The molecule has 1 unspecified atom stereocenters. The van der Waals surface area contributed by atoms with E-state index in [9.17, 15) is 9.59 Å². The quantitative estimate of drug-likeness (QED) is 0.614. The molecule has 114 valence electrons.